The van der Waals surface area contributed by atoms with Gasteiger partial charge in [-0.1, -0.05) is 30.3 Å². The van der Waals surface area contributed by atoms with E-state index in [1.807, 2.05) is 6.07 Å². The first-order chi connectivity index (χ1) is 16.7. The molecule has 35 heavy (non-hydrogen) atoms. The van der Waals surface area contributed by atoms with Crippen LogP contribution in [0.4, 0.5) is 13.2 Å². The maximum atomic E-state index is 13.1. The molecule has 1 atom stereocenters. The number of amides is 2. The summed E-state index contributed by atoms with van der Waals surface area (Å²) in [5.74, 6) is -1.55. The van der Waals surface area contributed by atoms with Gasteiger partial charge in [-0.3, -0.25) is 14.4 Å². The highest BCUT2D eigenvalue weighted by Crippen LogP contribution is 2.30. The molecule has 0 aromatic heterocycles. The van der Waals surface area contributed by atoms with Crippen molar-refractivity contribution in [3.8, 4) is 0 Å². The number of piperidine rings is 1. The predicted octanol–water partition coefficient (Wildman–Crippen LogP) is 4.46. The molecule has 0 saturated carbocycles. The number of nitrogens with zero attached hydrogens (tertiary/aromatic N) is 2. The van der Waals surface area contributed by atoms with E-state index >= 15 is 0 Å². The summed E-state index contributed by atoms with van der Waals surface area (Å²) in [4.78, 5) is 42.0. The van der Waals surface area contributed by atoms with Gasteiger partial charge >= 0.3 is 12.1 Å². The molecule has 2 aliphatic rings. The molecule has 2 aliphatic heterocycles. The van der Waals surface area contributed by atoms with E-state index in [1.165, 1.54) is 17.0 Å². The molecule has 186 valence electrons. The Balaban J connectivity index is 1.37. The van der Waals surface area contributed by atoms with E-state index in [0.717, 1.165) is 25.0 Å². The Bertz CT molecular complexity index is 1040. The number of hydrogen-bond acceptors (Lipinski definition) is 4. The Labute approximate surface area is 201 Å². The third-order valence-electron chi connectivity index (χ3n) is 6.55. The van der Waals surface area contributed by atoms with E-state index in [4.69, 9.17) is 4.74 Å². The summed E-state index contributed by atoms with van der Waals surface area (Å²) in [6.07, 6.45) is -2.92. The fraction of sp³-hybridized carbons (Fsp3) is 0.423. The Kier molecular flexibility index (Phi) is 7.42. The molecule has 2 fully saturated rings. The molecule has 2 heterocycles. The minimum absolute atomic E-state index is 0.166. The van der Waals surface area contributed by atoms with Crippen LogP contribution in [0.1, 0.15) is 53.3 Å². The molecule has 0 spiro atoms. The summed E-state index contributed by atoms with van der Waals surface area (Å²) in [7, 11) is 0. The van der Waals surface area contributed by atoms with Gasteiger partial charge in [0.25, 0.3) is 11.8 Å². The second kappa shape index (κ2) is 10.5. The lowest BCUT2D eigenvalue weighted by atomic mass is 9.96. The number of alkyl halides is 3. The average Bonchev–Trinajstić information content (AvgIpc) is 3.42. The number of ether oxygens (including phenoxy) is 1. The van der Waals surface area contributed by atoms with Gasteiger partial charge in [0.1, 0.15) is 0 Å². The zero-order valence-corrected chi connectivity index (χ0v) is 19.2. The van der Waals surface area contributed by atoms with Crippen molar-refractivity contribution in [3.63, 3.8) is 0 Å². The molecule has 4 rings (SSSR count). The quantitative estimate of drug-likeness (QED) is 0.583. The maximum absolute atomic E-state index is 13.1. The fourth-order valence-electron chi connectivity index (χ4n) is 4.51. The fourth-order valence-corrected chi connectivity index (χ4v) is 4.51. The highest BCUT2D eigenvalue weighted by Gasteiger charge is 2.35. The normalized spacial score (nSPS) is 17.8. The van der Waals surface area contributed by atoms with Gasteiger partial charge in [0.15, 0.2) is 0 Å². The van der Waals surface area contributed by atoms with E-state index in [1.54, 1.807) is 29.2 Å². The minimum atomic E-state index is -4.46. The first-order valence-corrected chi connectivity index (χ1v) is 11.7. The summed E-state index contributed by atoms with van der Waals surface area (Å²) in [5, 5.41) is 0. The SMILES string of the molecule is O=C(OC(C(=O)N1CCCC1)c1ccccc1)C1CCN(C(=O)c2ccc(C(F)(F)F)cc2)CC1. The Morgan fingerprint density at radius 1 is 0.829 bits per heavy atom. The first-order valence-electron chi connectivity index (χ1n) is 11.7. The zero-order chi connectivity index (χ0) is 25.0. The van der Waals surface area contributed by atoms with Crippen LogP contribution >= 0.6 is 0 Å². The maximum Gasteiger partial charge on any atom is 0.416 e. The van der Waals surface area contributed by atoms with Gasteiger partial charge < -0.3 is 14.5 Å². The van der Waals surface area contributed by atoms with Crippen molar-refractivity contribution >= 4 is 17.8 Å². The lowest BCUT2D eigenvalue weighted by Gasteiger charge is -2.32. The van der Waals surface area contributed by atoms with E-state index in [0.29, 0.717) is 31.5 Å². The van der Waals surface area contributed by atoms with Crippen molar-refractivity contribution in [2.45, 2.75) is 38.0 Å². The average molecular weight is 489 g/mol. The molecule has 0 bridgehead atoms. The third-order valence-corrected chi connectivity index (χ3v) is 6.55. The smallest absolute Gasteiger partial charge is 0.416 e. The van der Waals surface area contributed by atoms with Crippen LogP contribution in [0.3, 0.4) is 0 Å². The summed E-state index contributed by atoms with van der Waals surface area (Å²) < 4.78 is 44.0. The topological polar surface area (TPSA) is 66.9 Å². The van der Waals surface area contributed by atoms with E-state index in [-0.39, 0.29) is 30.5 Å². The van der Waals surface area contributed by atoms with Crippen LogP contribution in [0.5, 0.6) is 0 Å². The molecule has 6 nitrogen and oxygen atoms in total. The number of rotatable bonds is 5. The van der Waals surface area contributed by atoms with Crippen molar-refractivity contribution in [1.29, 1.82) is 0 Å². The number of carbonyl (C=O) groups excluding carboxylic acids is 3. The molecule has 0 N–H and O–H groups in total. The van der Waals surface area contributed by atoms with Gasteiger partial charge in [-0.2, -0.15) is 13.2 Å². The lowest BCUT2D eigenvalue weighted by molar-refractivity contribution is -0.165. The number of halogens is 3. The number of carbonyl (C=O) groups is 3. The second-order valence-electron chi connectivity index (χ2n) is 8.90. The monoisotopic (exact) mass is 488 g/mol. The number of hydrogen-bond donors (Lipinski definition) is 0. The van der Waals surface area contributed by atoms with Crippen LogP contribution in [0.25, 0.3) is 0 Å². The van der Waals surface area contributed by atoms with Crippen molar-refractivity contribution in [2.75, 3.05) is 26.2 Å². The Morgan fingerprint density at radius 3 is 2.00 bits per heavy atom. The molecule has 9 heteroatoms. The van der Waals surface area contributed by atoms with Gasteiger partial charge in [-0.25, -0.2) is 0 Å². The van der Waals surface area contributed by atoms with Gasteiger partial charge in [0, 0.05) is 37.3 Å². The van der Waals surface area contributed by atoms with Gasteiger partial charge in [-0.05, 0) is 49.9 Å². The van der Waals surface area contributed by atoms with Crippen LogP contribution in [0.2, 0.25) is 0 Å². The third kappa shape index (κ3) is 5.83. The number of esters is 1. The zero-order valence-electron chi connectivity index (χ0n) is 19.2. The van der Waals surface area contributed by atoms with E-state index in [9.17, 15) is 27.6 Å². The van der Waals surface area contributed by atoms with Crippen LogP contribution in [0, 0.1) is 5.92 Å². The molecular formula is C26H27F3N2O4. The second-order valence-corrected chi connectivity index (χ2v) is 8.90. The molecule has 0 radical (unpaired) electrons. The summed E-state index contributed by atoms with van der Waals surface area (Å²) in [5.41, 5.74) is -0.0287. The van der Waals surface area contributed by atoms with Gasteiger partial charge in [0.2, 0.25) is 6.10 Å². The van der Waals surface area contributed by atoms with Crippen molar-refractivity contribution < 1.29 is 32.3 Å². The molecule has 1 unspecified atom stereocenters. The Hall–Kier alpha value is -3.36. The standard InChI is InChI=1S/C26H27F3N2O4/c27-26(28,29)21-10-8-19(9-11-21)23(32)31-16-12-20(13-17-31)25(34)35-22(18-6-2-1-3-7-18)24(33)30-14-4-5-15-30/h1-3,6-11,20,22H,4-5,12-17H2. The minimum Gasteiger partial charge on any atom is -0.447 e. The van der Waals surface area contributed by atoms with Gasteiger partial charge in [0.05, 0.1) is 11.5 Å². The number of likely N-dealkylation sites (tertiary alicyclic amines) is 2. The van der Waals surface area contributed by atoms with Crippen LogP contribution in [0.15, 0.2) is 54.6 Å². The predicted molar refractivity (Wildman–Crippen MR) is 121 cm³/mol. The lowest BCUT2D eigenvalue weighted by Crippen LogP contribution is -2.41. The van der Waals surface area contributed by atoms with Gasteiger partial charge in [-0.15, -0.1) is 0 Å². The molecule has 2 amide bonds. The van der Waals surface area contributed by atoms with Crippen LogP contribution in [-0.2, 0) is 20.5 Å². The van der Waals surface area contributed by atoms with E-state index in [2.05, 4.69) is 0 Å². The summed E-state index contributed by atoms with van der Waals surface area (Å²) in [6.45, 7) is 1.83. The summed E-state index contributed by atoms with van der Waals surface area (Å²) in [6, 6.07) is 13.0. The molecule has 2 aromatic rings. The molecular weight excluding hydrogens is 461 g/mol. The molecule has 2 aromatic carbocycles. The van der Waals surface area contributed by atoms with Crippen molar-refractivity contribution in [1.82, 2.24) is 9.80 Å². The summed E-state index contributed by atoms with van der Waals surface area (Å²) >= 11 is 0. The molecule has 0 aliphatic carbocycles. The highest BCUT2D eigenvalue weighted by molar-refractivity contribution is 5.94. The molecule has 2 saturated heterocycles. The van der Waals surface area contributed by atoms with Crippen molar-refractivity contribution in [2.24, 2.45) is 5.92 Å². The van der Waals surface area contributed by atoms with Crippen LogP contribution in [-0.4, -0.2) is 53.8 Å². The first kappa shape index (κ1) is 24.8. The largest absolute Gasteiger partial charge is 0.447 e. The van der Waals surface area contributed by atoms with E-state index < -0.39 is 29.7 Å². The van der Waals surface area contributed by atoms with Crippen LogP contribution < -0.4 is 0 Å². The van der Waals surface area contributed by atoms with Crippen molar-refractivity contribution in [3.05, 3.63) is 71.3 Å². The number of benzene rings is 2. The highest BCUT2D eigenvalue weighted by atomic mass is 19.4. The Morgan fingerprint density at radius 2 is 1.43 bits per heavy atom.